The van der Waals surface area contributed by atoms with E-state index in [0.717, 1.165) is 46.6 Å². The molecule has 6 rings (SSSR count). The Morgan fingerprint density at radius 1 is 1.26 bits per heavy atom. The van der Waals surface area contributed by atoms with E-state index in [-0.39, 0.29) is 30.2 Å². The summed E-state index contributed by atoms with van der Waals surface area (Å²) in [7, 11) is 0. The molecule has 1 aromatic heterocycles. The number of fused-ring (bicyclic) bond motifs is 6. The number of alkyl halides is 3. The zero-order valence-electron chi connectivity index (χ0n) is 20.6. The van der Waals surface area contributed by atoms with Gasteiger partial charge in [0.15, 0.2) is 0 Å². The molecule has 10 heteroatoms. The zero-order chi connectivity index (χ0) is 26.8. The van der Waals surface area contributed by atoms with Gasteiger partial charge in [-0.25, -0.2) is 0 Å². The number of rotatable bonds is 4. The molecule has 38 heavy (non-hydrogen) atoms. The van der Waals surface area contributed by atoms with Crippen LogP contribution in [-0.4, -0.2) is 47.0 Å². The summed E-state index contributed by atoms with van der Waals surface area (Å²) in [6.07, 6.45) is -1.68. The summed E-state index contributed by atoms with van der Waals surface area (Å²) < 4.78 is 45.2. The second-order valence-electron chi connectivity index (χ2n) is 10.2. The van der Waals surface area contributed by atoms with Crippen LogP contribution in [0, 0.1) is 12.8 Å². The summed E-state index contributed by atoms with van der Waals surface area (Å²) >= 11 is 0. The Morgan fingerprint density at radius 2 is 2.08 bits per heavy atom. The van der Waals surface area contributed by atoms with Crippen molar-refractivity contribution < 1.29 is 27.8 Å². The molecule has 2 saturated heterocycles. The molecule has 4 heterocycles. The Balaban J connectivity index is 1.31. The minimum atomic E-state index is -4.54. The number of carbonyl (C=O) groups excluding carboxylic acids is 1. The number of nitrogens with zero attached hydrogens (tertiary/aromatic N) is 2. The molecule has 0 spiro atoms. The van der Waals surface area contributed by atoms with Gasteiger partial charge in [0.1, 0.15) is 11.8 Å². The van der Waals surface area contributed by atoms with Crippen molar-refractivity contribution in [1.29, 1.82) is 0 Å². The number of ether oxygens (including phenoxy) is 1. The molecule has 0 aliphatic carbocycles. The van der Waals surface area contributed by atoms with Crippen LogP contribution in [-0.2, 0) is 17.3 Å². The number of aryl methyl sites for hydroxylation is 1. The number of carbonyl (C=O) groups is 1. The van der Waals surface area contributed by atoms with Gasteiger partial charge in [0, 0.05) is 41.6 Å². The minimum absolute atomic E-state index is 0.0303. The highest BCUT2D eigenvalue weighted by molar-refractivity contribution is 6.04. The second kappa shape index (κ2) is 8.79. The maximum atomic E-state index is 13.1. The van der Waals surface area contributed by atoms with Gasteiger partial charge in [-0.15, -0.1) is 0 Å². The molecular weight excluding hydrogens is 497 g/mol. The van der Waals surface area contributed by atoms with E-state index in [2.05, 4.69) is 21.3 Å². The first-order chi connectivity index (χ1) is 18.1. The second-order valence-corrected chi connectivity index (χ2v) is 10.2. The number of aliphatic hydroxyl groups is 1. The summed E-state index contributed by atoms with van der Waals surface area (Å²) in [5, 5.41) is 12.7. The smallest absolute Gasteiger partial charge is 0.396 e. The number of amides is 1. The summed E-state index contributed by atoms with van der Waals surface area (Å²) in [5.41, 5.74) is 9.96. The lowest BCUT2D eigenvalue weighted by Gasteiger charge is -2.65. The van der Waals surface area contributed by atoms with Crippen molar-refractivity contribution in [1.82, 2.24) is 4.98 Å². The number of aliphatic hydroxyl groups excluding tert-OH is 1. The number of hydrogen-bond acceptors (Lipinski definition) is 6. The largest absolute Gasteiger partial charge is 0.416 e. The quantitative estimate of drug-likeness (QED) is 0.475. The molecule has 3 aliphatic heterocycles. The fraction of sp³-hybridized carbons (Fsp3) is 0.357. The number of pyridine rings is 1. The van der Waals surface area contributed by atoms with Crippen LogP contribution in [0.25, 0.3) is 11.1 Å². The van der Waals surface area contributed by atoms with Crippen molar-refractivity contribution in [2.75, 3.05) is 23.4 Å². The molecule has 4 atom stereocenters. The maximum Gasteiger partial charge on any atom is 0.416 e. The third-order valence-corrected chi connectivity index (χ3v) is 8.06. The molecule has 1 amide bonds. The molecule has 0 radical (unpaired) electrons. The van der Waals surface area contributed by atoms with E-state index in [0.29, 0.717) is 18.7 Å². The van der Waals surface area contributed by atoms with E-state index in [9.17, 15) is 23.1 Å². The normalized spacial score (nSPS) is 25.7. The molecule has 3 aliphatic rings. The monoisotopic (exact) mass is 524 g/mol. The summed E-state index contributed by atoms with van der Waals surface area (Å²) in [5.74, 6) is -0.799. The molecule has 4 unspecified atom stereocenters. The Morgan fingerprint density at radius 3 is 2.84 bits per heavy atom. The van der Waals surface area contributed by atoms with Gasteiger partial charge >= 0.3 is 6.18 Å². The van der Waals surface area contributed by atoms with Gasteiger partial charge in [0.25, 0.3) is 5.91 Å². The van der Waals surface area contributed by atoms with Crippen molar-refractivity contribution in [2.24, 2.45) is 11.7 Å². The predicted molar refractivity (Wildman–Crippen MR) is 136 cm³/mol. The molecule has 3 aromatic rings. The average molecular weight is 525 g/mol. The highest BCUT2D eigenvalue weighted by Crippen LogP contribution is 2.53. The standard InChI is InChI=1S/C28H27F3N4O3/c1-15-22(12-21(13-33-15)34-26(37)18-3-2-4-19(10-18)28(29,30)31)16-5-6-17-9-20(14-36)27(32)25-23(7-8-38-25)35(27)24(17)11-16/h2-6,10-13,20,23,25,36H,7-9,14,32H2,1H3,(H,34,37). The zero-order valence-corrected chi connectivity index (χ0v) is 20.6. The molecule has 2 fully saturated rings. The van der Waals surface area contributed by atoms with E-state index < -0.39 is 23.3 Å². The lowest BCUT2D eigenvalue weighted by Crippen LogP contribution is -2.85. The van der Waals surface area contributed by atoms with E-state index in [4.69, 9.17) is 10.5 Å². The predicted octanol–water partition coefficient (Wildman–Crippen LogP) is 4.13. The lowest BCUT2D eigenvalue weighted by molar-refractivity contribution is -0.137. The van der Waals surface area contributed by atoms with Crippen molar-refractivity contribution in [2.45, 2.75) is 43.8 Å². The summed E-state index contributed by atoms with van der Waals surface area (Å²) in [4.78, 5) is 19.4. The summed E-state index contributed by atoms with van der Waals surface area (Å²) in [6, 6.07) is 12.3. The molecule has 0 bridgehead atoms. The van der Waals surface area contributed by atoms with Gasteiger partial charge in [0.2, 0.25) is 0 Å². The average Bonchev–Trinajstić information content (AvgIpc) is 3.33. The molecular formula is C28H27F3N4O3. The van der Waals surface area contributed by atoms with E-state index >= 15 is 0 Å². The van der Waals surface area contributed by atoms with Gasteiger partial charge < -0.3 is 25.8 Å². The van der Waals surface area contributed by atoms with Gasteiger partial charge in [-0.1, -0.05) is 18.2 Å². The van der Waals surface area contributed by atoms with Crippen molar-refractivity contribution in [3.63, 3.8) is 0 Å². The van der Waals surface area contributed by atoms with Crippen LogP contribution < -0.4 is 16.0 Å². The lowest BCUT2D eigenvalue weighted by atomic mass is 9.68. The first kappa shape index (κ1) is 24.8. The van der Waals surface area contributed by atoms with E-state index in [1.807, 2.05) is 19.1 Å². The fourth-order valence-corrected chi connectivity index (χ4v) is 6.14. The van der Waals surface area contributed by atoms with Crippen LogP contribution in [0.3, 0.4) is 0 Å². The van der Waals surface area contributed by atoms with Crippen LogP contribution in [0.2, 0.25) is 0 Å². The Labute approximate surface area is 217 Å². The SMILES string of the molecule is Cc1ncc(NC(=O)c2cccc(C(F)(F)F)c2)cc1-c1ccc2c(c1)N1C3CCOC3C1(N)C(CO)C2. The Hall–Kier alpha value is -3.47. The van der Waals surface area contributed by atoms with E-state index in [1.165, 1.54) is 18.3 Å². The van der Waals surface area contributed by atoms with Crippen LogP contribution in [0.15, 0.2) is 54.7 Å². The van der Waals surface area contributed by atoms with Crippen molar-refractivity contribution in [3.05, 3.63) is 77.1 Å². The molecule has 198 valence electrons. The van der Waals surface area contributed by atoms with Gasteiger partial charge in [-0.2, -0.15) is 13.2 Å². The van der Waals surface area contributed by atoms with Crippen LogP contribution in [0.5, 0.6) is 0 Å². The number of anilines is 2. The number of benzene rings is 2. The highest BCUT2D eigenvalue weighted by Gasteiger charge is 2.66. The van der Waals surface area contributed by atoms with Crippen LogP contribution >= 0.6 is 0 Å². The Kier molecular flexibility index (Phi) is 5.75. The van der Waals surface area contributed by atoms with Crippen molar-refractivity contribution in [3.8, 4) is 11.1 Å². The maximum absolute atomic E-state index is 13.1. The first-order valence-electron chi connectivity index (χ1n) is 12.5. The molecule has 0 saturated carbocycles. The van der Waals surface area contributed by atoms with Crippen LogP contribution in [0.4, 0.5) is 24.5 Å². The first-order valence-corrected chi connectivity index (χ1v) is 12.5. The number of hydrogen-bond donors (Lipinski definition) is 3. The van der Waals surface area contributed by atoms with Gasteiger partial charge in [-0.05, 0) is 61.2 Å². The third kappa shape index (κ3) is 3.78. The molecule has 2 aromatic carbocycles. The number of aromatic nitrogens is 1. The third-order valence-electron chi connectivity index (χ3n) is 8.06. The fourth-order valence-electron chi connectivity index (χ4n) is 6.14. The van der Waals surface area contributed by atoms with Crippen LogP contribution in [0.1, 0.15) is 33.6 Å². The molecule has 7 nitrogen and oxygen atoms in total. The van der Waals surface area contributed by atoms with Crippen molar-refractivity contribution >= 4 is 17.3 Å². The topological polar surface area (TPSA) is 101 Å². The summed E-state index contributed by atoms with van der Waals surface area (Å²) in [6.45, 7) is 2.46. The number of halogens is 3. The number of nitrogens with two attached hydrogens (primary N) is 1. The number of nitrogens with one attached hydrogen (secondary N) is 1. The van der Waals surface area contributed by atoms with Gasteiger partial charge in [-0.3, -0.25) is 9.78 Å². The van der Waals surface area contributed by atoms with Gasteiger partial charge in [0.05, 0.1) is 23.5 Å². The van der Waals surface area contributed by atoms with E-state index in [1.54, 1.807) is 6.07 Å². The minimum Gasteiger partial charge on any atom is -0.396 e. The molecule has 4 N–H and O–H groups in total. The Bertz CT molecular complexity index is 1430. The highest BCUT2D eigenvalue weighted by atomic mass is 19.4.